The van der Waals surface area contributed by atoms with E-state index in [-0.39, 0.29) is 11.6 Å². The summed E-state index contributed by atoms with van der Waals surface area (Å²) in [5.74, 6) is 0.713. The maximum atomic E-state index is 6.49. The molecular weight excluding hydrogens is 302 g/mol. The minimum Gasteiger partial charge on any atom is -0.377 e. The summed E-state index contributed by atoms with van der Waals surface area (Å²) >= 11 is 3.46. The number of benzene rings is 1. The molecular formula is C16H24BrNO. The van der Waals surface area contributed by atoms with Crippen molar-refractivity contribution >= 4 is 15.9 Å². The van der Waals surface area contributed by atoms with Crippen LogP contribution in [0, 0.1) is 5.92 Å². The molecule has 1 aliphatic rings. The van der Waals surface area contributed by atoms with Crippen LogP contribution >= 0.6 is 15.9 Å². The lowest BCUT2D eigenvalue weighted by Crippen LogP contribution is -2.53. The van der Waals surface area contributed by atoms with Gasteiger partial charge in [0.05, 0.1) is 5.60 Å². The summed E-state index contributed by atoms with van der Waals surface area (Å²) in [7, 11) is 1.82. The Morgan fingerprint density at radius 3 is 2.68 bits per heavy atom. The molecule has 2 nitrogen and oxygen atoms in total. The van der Waals surface area contributed by atoms with E-state index in [1.165, 1.54) is 18.4 Å². The topological polar surface area (TPSA) is 35.2 Å². The summed E-state index contributed by atoms with van der Waals surface area (Å²) in [6.45, 7) is 2.30. The molecule has 19 heavy (non-hydrogen) atoms. The highest BCUT2D eigenvalue weighted by molar-refractivity contribution is 9.10. The van der Waals surface area contributed by atoms with Gasteiger partial charge in [-0.3, -0.25) is 0 Å². The minimum atomic E-state index is -0.134. The molecule has 2 rings (SSSR count). The molecule has 1 aromatic rings. The van der Waals surface area contributed by atoms with Crippen molar-refractivity contribution in [2.24, 2.45) is 11.7 Å². The van der Waals surface area contributed by atoms with E-state index in [0.29, 0.717) is 5.92 Å². The van der Waals surface area contributed by atoms with Crippen LogP contribution in [0.5, 0.6) is 0 Å². The van der Waals surface area contributed by atoms with Gasteiger partial charge in [0.1, 0.15) is 0 Å². The summed E-state index contributed by atoms with van der Waals surface area (Å²) in [4.78, 5) is 0. The van der Waals surface area contributed by atoms with E-state index < -0.39 is 0 Å². The SMILES string of the molecule is COC1(C(N)Cc2ccc(Br)cc2)CCCC(C)C1. The van der Waals surface area contributed by atoms with E-state index in [9.17, 15) is 0 Å². The van der Waals surface area contributed by atoms with Gasteiger partial charge in [0.2, 0.25) is 0 Å². The van der Waals surface area contributed by atoms with Crippen molar-refractivity contribution in [1.82, 2.24) is 0 Å². The van der Waals surface area contributed by atoms with Crippen LogP contribution in [-0.4, -0.2) is 18.8 Å². The Morgan fingerprint density at radius 1 is 1.42 bits per heavy atom. The first-order chi connectivity index (χ1) is 9.05. The molecule has 2 N–H and O–H groups in total. The van der Waals surface area contributed by atoms with Crippen LogP contribution in [0.25, 0.3) is 0 Å². The van der Waals surface area contributed by atoms with Gasteiger partial charge in [-0.15, -0.1) is 0 Å². The fourth-order valence-electron chi connectivity index (χ4n) is 3.28. The summed E-state index contributed by atoms with van der Waals surface area (Å²) in [5, 5.41) is 0. The van der Waals surface area contributed by atoms with Gasteiger partial charge in [0, 0.05) is 17.6 Å². The number of hydrogen-bond donors (Lipinski definition) is 1. The van der Waals surface area contributed by atoms with Gasteiger partial charge in [-0.25, -0.2) is 0 Å². The average molecular weight is 326 g/mol. The molecule has 1 aliphatic carbocycles. The third-order valence-corrected chi connectivity index (χ3v) is 4.97. The molecule has 0 heterocycles. The van der Waals surface area contributed by atoms with Gasteiger partial charge in [0.15, 0.2) is 0 Å². The Labute approximate surface area is 124 Å². The molecule has 1 fully saturated rings. The summed E-state index contributed by atoms with van der Waals surface area (Å²) in [6, 6.07) is 8.50. The third kappa shape index (κ3) is 3.59. The molecule has 0 saturated heterocycles. The van der Waals surface area contributed by atoms with Crippen molar-refractivity contribution in [3.63, 3.8) is 0 Å². The molecule has 3 atom stereocenters. The molecule has 0 radical (unpaired) electrons. The van der Waals surface area contributed by atoms with Crippen molar-refractivity contribution in [2.45, 2.75) is 50.7 Å². The second-order valence-electron chi connectivity index (χ2n) is 5.91. The van der Waals surface area contributed by atoms with Crippen molar-refractivity contribution in [2.75, 3.05) is 7.11 Å². The van der Waals surface area contributed by atoms with Gasteiger partial charge < -0.3 is 10.5 Å². The summed E-state index contributed by atoms with van der Waals surface area (Å²) < 4.78 is 6.98. The summed E-state index contributed by atoms with van der Waals surface area (Å²) in [5.41, 5.74) is 7.64. The van der Waals surface area contributed by atoms with E-state index in [4.69, 9.17) is 10.5 Å². The Kier molecular flexibility index (Phi) is 5.04. The highest BCUT2D eigenvalue weighted by Crippen LogP contribution is 2.37. The molecule has 0 bridgehead atoms. The second kappa shape index (κ2) is 6.38. The molecule has 0 amide bonds. The largest absolute Gasteiger partial charge is 0.377 e. The van der Waals surface area contributed by atoms with Crippen molar-refractivity contribution in [3.8, 4) is 0 Å². The number of nitrogens with two attached hydrogens (primary N) is 1. The van der Waals surface area contributed by atoms with E-state index in [0.717, 1.165) is 23.7 Å². The lowest BCUT2D eigenvalue weighted by atomic mass is 9.73. The Morgan fingerprint density at radius 2 is 2.11 bits per heavy atom. The van der Waals surface area contributed by atoms with E-state index in [2.05, 4.69) is 47.1 Å². The predicted octanol–water partition coefficient (Wildman–Crippen LogP) is 3.91. The minimum absolute atomic E-state index is 0.0708. The maximum Gasteiger partial charge on any atom is 0.0834 e. The number of hydrogen-bond acceptors (Lipinski definition) is 2. The molecule has 0 aliphatic heterocycles. The van der Waals surface area contributed by atoms with Gasteiger partial charge in [-0.1, -0.05) is 47.8 Å². The highest BCUT2D eigenvalue weighted by atomic mass is 79.9. The lowest BCUT2D eigenvalue weighted by Gasteiger charge is -2.43. The molecule has 0 spiro atoms. The molecule has 3 unspecified atom stereocenters. The van der Waals surface area contributed by atoms with E-state index in [1.54, 1.807) is 0 Å². The van der Waals surface area contributed by atoms with Gasteiger partial charge >= 0.3 is 0 Å². The Balaban J connectivity index is 2.08. The normalized spacial score (nSPS) is 29.2. The first kappa shape index (κ1) is 15.0. The number of halogens is 1. The molecule has 106 valence electrons. The summed E-state index contributed by atoms with van der Waals surface area (Å²) in [6.07, 6.45) is 5.58. The van der Waals surface area contributed by atoms with Gasteiger partial charge in [-0.2, -0.15) is 0 Å². The molecule has 0 aromatic heterocycles. The predicted molar refractivity (Wildman–Crippen MR) is 83.2 cm³/mol. The maximum absolute atomic E-state index is 6.49. The monoisotopic (exact) mass is 325 g/mol. The fraction of sp³-hybridized carbons (Fsp3) is 0.625. The smallest absolute Gasteiger partial charge is 0.0834 e. The first-order valence-electron chi connectivity index (χ1n) is 7.11. The van der Waals surface area contributed by atoms with Crippen LogP contribution in [0.15, 0.2) is 28.7 Å². The first-order valence-corrected chi connectivity index (χ1v) is 7.90. The number of rotatable bonds is 4. The van der Waals surface area contributed by atoms with Crippen LogP contribution in [-0.2, 0) is 11.2 Å². The van der Waals surface area contributed by atoms with E-state index in [1.807, 2.05) is 7.11 Å². The van der Waals surface area contributed by atoms with Crippen molar-refractivity contribution < 1.29 is 4.74 Å². The van der Waals surface area contributed by atoms with Crippen LogP contribution < -0.4 is 5.73 Å². The third-order valence-electron chi connectivity index (χ3n) is 4.44. The molecule has 3 heteroatoms. The quantitative estimate of drug-likeness (QED) is 0.910. The Hall–Kier alpha value is -0.380. The average Bonchev–Trinajstić information content (AvgIpc) is 2.41. The zero-order chi connectivity index (χ0) is 13.9. The van der Waals surface area contributed by atoms with Crippen LogP contribution in [0.2, 0.25) is 0 Å². The Bertz CT molecular complexity index is 406. The number of methoxy groups -OCH3 is 1. The van der Waals surface area contributed by atoms with Gasteiger partial charge in [0.25, 0.3) is 0 Å². The molecule has 1 saturated carbocycles. The van der Waals surface area contributed by atoms with Crippen LogP contribution in [0.4, 0.5) is 0 Å². The second-order valence-corrected chi connectivity index (χ2v) is 6.82. The zero-order valence-corrected chi connectivity index (χ0v) is 13.4. The van der Waals surface area contributed by atoms with Gasteiger partial charge in [-0.05, 0) is 42.9 Å². The van der Waals surface area contributed by atoms with E-state index >= 15 is 0 Å². The molecule has 1 aromatic carbocycles. The zero-order valence-electron chi connectivity index (χ0n) is 11.9. The van der Waals surface area contributed by atoms with Crippen LogP contribution in [0.1, 0.15) is 38.2 Å². The van der Waals surface area contributed by atoms with Crippen LogP contribution in [0.3, 0.4) is 0 Å². The van der Waals surface area contributed by atoms with Crippen molar-refractivity contribution in [3.05, 3.63) is 34.3 Å². The fourth-order valence-corrected chi connectivity index (χ4v) is 3.54. The standard InChI is InChI=1S/C16H24BrNO/c1-12-4-3-9-16(11-12,19-2)15(18)10-13-5-7-14(17)8-6-13/h5-8,12,15H,3-4,9-11,18H2,1-2H3. The lowest BCUT2D eigenvalue weighted by molar-refractivity contribution is -0.0705. The number of ether oxygens (including phenoxy) is 1. The highest BCUT2D eigenvalue weighted by Gasteiger charge is 2.40. The van der Waals surface area contributed by atoms with Crippen molar-refractivity contribution in [1.29, 1.82) is 0 Å².